The van der Waals surface area contributed by atoms with Crippen molar-refractivity contribution in [2.75, 3.05) is 0 Å². The molecule has 0 aliphatic heterocycles. The van der Waals surface area contributed by atoms with Gasteiger partial charge < -0.3 is 28.4 Å². The van der Waals surface area contributed by atoms with Gasteiger partial charge in [0.05, 0.1) is 0 Å². The maximum absolute atomic E-state index is 12.1. The minimum absolute atomic E-state index is 0.0973. The third kappa shape index (κ3) is 7.54. The van der Waals surface area contributed by atoms with Crippen LogP contribution in [0.25, 0.3) is 0 Å². The smallest absolute Gasteiger partial charge is 0.306 e. The number of carbonyl (C=O) groups excluding carboxylic acids is 6. The summed E-state index contributed by atoms with van der Waals surface area (Å²) in [5.74, 6) is -5.04. The van der Waals surface area contributed by atoms with E-state index in [0.29, 0.717) is 0 Å². The number of carbonyl (C=O) groups is 6. The van der Waals surface area contributed by atoms with Crippen LogP contribution < -0.4 is 0 Å². The minimum Gasteiger partial charge on any atom is -0.454 e. The van der Waals surface area contributed by atoms with E-state index in [4.69, 9.17) is 28.4 Å². The van der Waals surface area contributed by atoms with Crippen LogP contribution in [0.2, 0.25) is 0 Å². The average Bonchev–Trinajstić information content (AvgIpc) is 2.61. The van der Waals surface area contributed by atoms with E-state index in [1.54, 1.807) is 0 Å². The Morgan fingerprint density at radius 3 is 0.806 bits per heavy atom. The fraction of sp³-hybridized carbons (Fsp3) is 0.684. The van der Waals surface area contributed by atoms with Gasteiger partial charge in [-0.3, -0.25) is 28.8 Å². The highest BCUT2D eigenvalue weighted by Crippen LogP contribution is 2.34. The Kier molecular flexibility index (Phi) is 9.41. The zero-order valence-electron chi connectivity index (χ0n) is 18.1. The first kappa shape index (κ1) is 25.9. The van der Waals surface area contributed by atoms with Gasteiger partial charge >= 0.3 is 35.8 Å². The third-order valence-corrected chi connectivity index (χ3v) is 4.01. The van der Waals surface area contributed by atoms with E-state index in [0.717, 1.165) is 34.6 Å². The van der Waals surface area contributed by atoms with Gasteiger partial charge in [0.1, 0.15) is 0 Å². The minimum atomic E-state index is -1.55. The topological polar surface area (TPSA) is 158 Å². The zero-order valence-corrected chi connectivity index (χ0v) is 18.1. The molecule has 0 spiro atoms. The van der Waals surface area contributed by atoms with Crippen LogP contribution in [0, 0.1) is 0 Å². The Hall–Kier alpha value is -3.18. The van der Waals surface area contributed by atoms with Gasteiger partial charge in [0.15, 0.2) is 36.6 Å². The summed E-state index contributed by atoms with van der Waals surface area (Å²) in [4.78, 5) is 70.8. The quantitative estimate of drug-likeness (QED) is 0.381. The first-order chi connectivity index (χ1) is 14.4. The highest BCUT2D eigenvalue weighted by molar-refractivity contribution is 5.71. The van der Waals surface area contributed by atoms with Crippen molar-refractivity contribution >= 4 is 35.8 Å². The first-order valence-electron chi connectivity index (χ1n) is 9.42. The summed E-state index contributed by atoms with van der Waals surface area (Å²) in [6.07, 6.45) is -9.36. The van der Waals surface area contributed by atoms with Crippen LogP contribution in [0.4, 0.5) is 0 Å². The van der Waals surface area contributed by atoms with Gasteiger partial charge in [-0.2, -0.15) is 0 Å². The van der Waals surface area contributed by atoms with Crippen molar-refractivity contribution in [2.45, 2.75) is 84.6 Å². The lowest BCUT2D eigenvalue weighted by Crippen LogP contribution is -2.68. The maximum Gasteiger partial charge on any atom is 0.306 e. The molecule has 6 atom stereocenters. The van der Waals surface area contributed by atoms with Gasteiger partial charge in [0.2, 0.25) is 0 Å². The summed E-state index contributed by atoms with van der Waals surface area (Å²) < 4.78 is 31.4. The van der Waals surface area contributed by atoms with Crippen LogP contribution in [-0.4, -0.2) is 72.4 Å². The molecule has 31 heavy (non-hydrogen) atoms. The van der Waals surface area contributed by atoms with Gasteiger partial charge in [0.25, 0.3) is 0 Å². The average molecular weight is 446 g/mol. The molecular weight excluding hydrogens is 420 g/mol. The molecule has 174 valence electrons. The second kappa shape index (κ2) is 11.3. The Bertz CT molecular complexity index is 685. The maximum atomic E-state index is 12.1. The molecule has 12 nitrogen and oxygen atoms in total. The zero-order chi connectivity index (χ0) is 23.9. The van der Waals surface area contributed by atoms with Gasteiger partial charge in [-0.25, -0.2) is 0 Å². The van der Waals surface area contributed by atoms with E-state index in [1.807, 2.05) is 0 Å². The summed E-state index contributed by atoms with van der Waals surface area (Å²) in [5, 5.41) is 0. The van der Waals surface area contributed by atoms with Crippen molar-refractivity contribution in [1.29, 1.82) is 0 Å². The monoisotopic (exact) mass is 446 g/mol. The van der Waals surface area contributed by atoms with Gasteiger partial charge in [-0.05, 0) is 0 Å². The molecule has 2 unspecified atom stereocenters. The Labute approximate surface area is 178 Å². The lowest BCUT2D eigenvalue weighted by atomic mass is 9.83. The normalized spacial score (nSPS) is 27.3. The Balaban J connectivity index is 3.68. The van der Waals surface area contributed by atoms with Crippen molar-refractivity contribution < 1.29 is 57.2 Å². The molecule has 0 aromatic carbocycles. The summed E-state index contributed by atoms with van der Waals surface area (Å²) in [5.41, 5.74) is 0. The van der Waals surface area contributed by atoms with E-state index in [2.05, 4.69) is 0 Å². The molecule has 0 aromatic heterocycles. The molecule has 1 saturated carbocycles. The molecule has 0 N–H and O–H groups in total. The standard InChI is InChI=1S/C19H26O12/c1-7-13(25)31-19-17(29-11(5)23)15(27-9(3)21)14(26-8(2)20)16(28-10(4)22)18(19)30-12(6)24/h14-19H,7H2,1-6H3/t14?,15-,16-,17-,18+,19?/m1/s1. The van der Waals surface area contributed by atoms with Crippen molar-refractivity contribution in [3.63, 3.8) is 0 Å². The molecule has 1 aliphatic carbocycles. The van der Waals surface area contributed by atoms with Crippen LogP contribution in [0.3, 0.4) is 0 Å². The van der Waals surface area contributed by atoms with Crippen molar-refractivity contribution in [2.24, 2.45) is 0 Å². The number of esters is 6. The Morgan fingerprint density at radius 2 is 0.645 bits per heavy atom. The fourth-order valence-corrected chi connectivity index (χ4v) is 3.12. The van der Waals surface area contributed by atoms with E-state index in [9.17, 15) is 28.8 Å². The molecule has 1 fully saturated rings. The van der Waals surface area contributed by atoms with Gasteiger partial charge in [-0.15, -0.1) is 0 Å². The second-order valence-electron chi connectivity index (χ2n) is 6.68. The van der Waals surface area contributed by atoms with Crippen LogP contribution in [0.5, 0.6) is 0 Å². The molecule has 0 saturated heterocycles. The van der Waals surface area contributed by atoms with E-state index in [1.165, 1.54) is 6.92 Å². The fourth-order valence-electron chi connectivity index (χ4n) is 3.12. The predicted octanol–water partition coefficient (Wildman–Crippen LogP) is -0.0197. The molecule has 0 heterocycles. The second-order valence-corrected chi connectivity index (χ2v) is 6.68. The highest BCUT2D eigenvalue weighted by atomic mass is 16.7. The molecule has 0 radical (unpaired) electrons. The molecule has 0 bridgehead atoms. The predicted molar refractivity (Wildman–Crippen MR) is 97.9 cm³/mol. The third-order valence-electron chi connectivity index (χ3n) is 4.01. The van der Waals surface area contributed by atoms with Crippen molar-refractivity contribution in [3.8, 4) is 0 Å². The van der Waals surface area contributed by atoms with Gasteiger partial charge in [-0.1, -0.05) is 6.92 Å². The summed E-state index contributed by atoms with van der Waals surface area (Å²) in [7, 11) is 0. The van der Waals surface area contributed by atoms with Gasteiger partial charge in [0, 0.05) is 41.0 Å². The van der Waals surface area contributed by atoms with Crippen LogP contribution in [-0.2, 0) is 57.2 Å². The van der Waals surface area contributed by atoms with Crippen LogP contribution in [0.15, 0.2) is 0 Å². The molecule has 1 aliphatic rings. The van der Waals surface area contributed by atoms with Crippen LogP contribution in [0.1, 0.15) is 48.0 Å². The summed E-state index contributed by atoms with van der Waals surface area (Å²) in [6.45, 7) is 6.71. The van der Waals surface area contributed by atoms with E-state index < -0.39 is 72.4 Å². The van der Waals surface area contributed by atoms with Crippen molar-refractivity contribution in [1.82, 2.24) is 0 Å². The van der Waals surface area contributed by atoms with E-state index >= 15 is 0 Å². The molecule has 0 amide bonds. The molecule has 1 rings (SSSR count). The van der Waals surface area contributed by atoms with Crippen molar-refractivity contribution in [3.05, 3.63) is 0 Å². The largest absolute Gasteiger partial charge is 0.454 e. The SMILES string of the molecule is CCC(=O)OC1[C@@H](OC(C)=O)[C@H](OC(C)=O)C(OC(C)=O)[C@@H](OC(C)=O)[C@H]1OC(C)=O. The number of ether oxygens (including phenoxy) is 6. The Morgan fingerprint density at radius 1 is 0.452 bits per heavy atom. The number of hydrogen-bond acceptors (Lipinski definition) is 12. The van der Waals surface area contributed by atoms with Crippen LogP contribution >= 0.6 is 0 Å². The first-order valence-corrected chi connectivity index (χ1v) is 9.42. The summed E-state index contributed by atoms with van der Waals surface area (Å²) >= 11 is 0. The molecule has 0 aromatic rings. The summed E-state index contributed by atoms with van der Waals surface area (Å²) in [6, 6.07) is 0. The lowest BCUT2D eigenvalue weighted by Gasteiger charge is -2.46. The number of rotatable bonds is 7. The highest BCUT2D eigenvalue weighted by Gasteiger charge is 2.60. The molecular formula is C19H26O12. The number of hydrogen-bond donors (Lipinski definition) is 0. The lowest BCUT2D eigenvalue weighted by molar-refractivity contribution is -0.259. The van der Waals surface area contributed by atoms with E-state index in [-0.39, 0.29) is 6.42 Å². The molecule has 12 heteroatoms.